The van der Waals surface area contributed by atoms with Crippen LogP contribution in [0, 0.1) is 5.41 Å². The van der Waals surface area contributed by atoms with Crippen molar-refractivity contribution in [2.45, 2.75) is 59.4 Å². The average molecular weight is 257 g/mol. The number of urea groups is 1. The molecule has 0 heterocycles. The van der Waals surface area contributed by atoms with Crippen LogP contribution in [-0.4, -0.2) is 24.5 Å². The normalized spacial score (nSPS) is 13.1. The third kappa shape index (κ3) is 8.06. The summed E-state index contributed by atoms with van der Waals surface area (Å²) in [6.45, 7) is 8.99. The highest BCUT2D eigenvalue weighted by Crippen LogP contribution is 2.22. The molecule has 5 nitrogen and oxygen atoms in total. The van der Waals surface area contributed by atoms with Gasteiger partial charge in [0, 0.05) is 6.54 Å². The molecular weight excluding hydrogens is 230 g/mol. The van der Waals surface area contributed by atoms with E-state index in [1.807, 2.05) is 0 Å². The lowest BCUT2D eigenvalue weighted by molar-refractivity contribution is -0.121. The predicted octanol–water partition coefficient (Wildman–Crippen LogP) is 1.77. The van der Waals surface area contributed by atoms with Gasteiger partial charge < -0.3 is 11.1 Å². The van der Waals surface area contributed by atoms with Gasteiger partial charge in [-0.05, 0) is 18.8 Å². The molecule has 0 fully saturated rings. The van der Waals surface area contributed by atoms with Crippen LogP contribution in [0.2, 0.25) is 0 Å². The highest BCUT2D eigenvalue weighted by Gasteiger charge is 2.20. The molecule has 0 aliphatic heterocycles. The van der Waals surface area contributed by atoms with Crippen molar-refractivity contribution in [2.24, 2.45) is 11.1 Å². The monoisotopic (exact) mass is 257 g/mol. The van der Waals surface area contributed by atoms with Gasteiger partial charge in [-0.1, -0.05) is 40.0 Å². The summed E-state index contributed by atoms with van der Waals surface area (Å²) in [6.07, 6.45) is 4.77. The molecule has 0 aromatic heterocycles. The topological polar surface area (TPSA) is 84.2 Å². The first-order valence-electron chi connectivity index (χ1n) is 6.62. The molecule has 0 aliphatic carbocycles. The third-order valence-electron chi connectivity index (χ3n) is 2.98. The molecule has 0 bridgehead atoms. The van der Waals surface area contributed by atoms with Crippen molar-refractivity contribution in [3.05, 3.63) is 0 Å². The van der Waals surface area contributed by atoms with E-state index in [2.05, 4.69) is 31.4 Å². The van der Waals surface area contributed by atoms with Crippen molar-refractivity contribution in [2.75, 3.05) is 6.54 Å². The van der Waals surface area contributed by atoms with Gasteiger partial charge in [0.15, 0.2) is 0 Å². The van der Waals surface area contributed by atoms with Gasteiger partial charge in [-0.3, -0.25) is 10.1 Å². The summed E-state index contributed by atoms with van der Waals surface area (Å²) in [7, 11) is 0. The van der Waals surface area contributed by atoms with Crippen LogP contribution in [0.1, 0.15) is 53.4 Å². The number of hydrogen-bond acceptors (Lipinski definition) is 3. The minimum absolute atomic E-state index is 0.149. The Balaban J connectivity index is 3.98. The second kappa shape index (κ2) is 8.08. The third-order valence-corrected chi connectivity index (χ3v) is 2.98. The fourth-order valence-electron chi connectivity index (χ4n) is 1.69. The number of nitrogens with two attached hydrogens (primary N) is 1. The number of carbonyl (C=O) groups excluding carboxylic acids is 2. The van der Waals surface area contributed by atoms with Gasteiger partial charge in [-0.15, -0.1) is 0 Å². The number of amides is 3. The van der Waals surface area contributed by atoms with Gasteiger partial charge in [-0.25, -0.2) is 4.79 Å². The maximum Gasteiger partial charge on any atom is 0.318 e. The van der Waals surface area contributed by atoms with Gasteiger partial charge in [0.2, 0.25) is 5.91 Å². The zero-order valence-corrected chi connectivity index (χ0v) is 12.0. The Kier molecular flexibility index (Phi) is 7.59. The van der Waals surface area contributed by atoms with Gasteiger partial charge in [0.05, 0.1) is 6.04 Å². The van der Waals surface area contributed by atoms with Crippen molar-refractivity contribution >= 4 is 11.9 Å². The molecule has 18 heavy (non-hydrogen) atoms. The average Bonchev–Trinajstić information content (AvgIpc) is 2.25. The molecule has 0 aromatic rings. The molecule has 0 saturated heterocycles. The smallest absolute Gasteiger partial charge is 0.318 e. The summed E-state index contributed by atoms with van der Waals surface area (Å²) in [6, 6.07) is -1.22. The minimum Gasteiger partial charge on any atom is -0.351 e. The lowest BCUT2D eigenvalue weighted by atomic mass is 9.86. The summed E-state index contributed by atoms with van der Waals surface area (Å²) in [5.41, 5.74) is 5.04. The van der Waals surface area contributed by atoms with Gasteiger partial charge in [0.1, 0.15) is 0 Å². The van der Waals surface area contributed by atoms with E-state index in [1.54, 1.807) is 6.92 Å². The first kappa shape index (κ1) is 16.9. The molecule has 4 N–H and O–H groups in total. The molecule has 0 rings (SSSR count). The van der Waals surface area contributed by atoms with Crippen molar-refractivity contribution in [1.82, 2.24) is 10.6 Å². The van der Waals surface area contributed by atoms with E-state index < -0.39 is 12.1 Å². The number of hydrogen-bond donors (Lipinski definition) is 3. The van der Waals surface area contributed by atoms with E-state index in [-0.39, 0.29) is 11.3 Å². The van der Waals surface area contributed by atoms with E-state index >= 15 is 0 Å². The minimum atomic E-state index is -0.809. The molecular formula is C13H27N3O2. The Morgan fingerprint density at radius 3 is 2.39 bits per heavy atom. The number of rotatable bonds is 8. The van der Waals surface area contributed by atoms with Crippen molar-refractivity contribution in [1.29, 1.82) is 0 Å². The van der Waals surface area contributed by atoms with E-state index in [0.29, 0.717) is 0 Å². The van der Waals surface area contributed by atoms with Crippen molar-refractivity contribution in [3.63, 3.8) is 0 Å². The molecule has 0 aromatic carbocycles. The Morgan fingerprint density at radius 1 is 1.28 bits per heavy atom. The molecule has 0 saturated carbocycles. The number of carbonyl (C=O) groups is 2. The van der Waals surface area contributed by atoms with E-state index in [0.717, 1.165) is 13.0 Å². The fourth-order valence-corrected chi connectivity index (χ4v) is 1.69. The molecule has 0 spiro atoms. The van der Waals surface area contributed by atoms with Crippen LogP contribution in [-0.2, 0) is 4.79 Å². The van der Waals surface area contributed by atoms with Crippen molar-refractivity contribution in [3.8, 4) is 0 Å². The van der Waals surface area contributed by atoms with Crippen LogP contribution in [0.25, 0.3) is 0 Å². The number of primary amides is 1. The first-order chi connectivity index (χ1) is 8.28. The lowest BCUT2D eigenvalue weighted by Crippen LogP contribution is -2.48. The van der Waals surface area contributed by atoms with Crippen LogP contribution in [0.5, 0.6) is 0 Å². The number of unbranched alkanes of at least 4 members (excludes halogenated alkanes) is 2. The van der Waals surface area contributed by atoms with E-state index in [9.17, 15) is 9.59 Å². The quantitative estimate of drug-likeness (QED) is 0.579. The highest BCUT2D eigenvalue weighted by atomic mass is 16.2. The second-order valence-electron chi connectivity index (χ2n) is 5.58. The van der Waals surface area contributed by atoms with Gasteiger partial charge in [0.25, 0.3) is 0 Å². The van der Waals surface area contributed by atoms with Crippen LogP contribution in [0.4, 0.5) is 4.79 Å². The molecule has 1 atom stereocenters. The Hall–Kier alpha value is -1.10. The number of nitrogens with one attached hydrogen (secondary N) is 2. The zero-order chi connectivity index (χ0) is 14.2. The molecule has 106 valence electrons. The fraction of sp³-hybridized carbons (Fsp3) is 0.846. The Bertz CT molecular complexity index is 277. The zero-order valence-electron chi connectivity index (χ0n) is 12.0. The van der Waals surface area contributed by atoms with E-state index in [1.165, 1.54) is 19.3 Å². The van der Waals surface area contributed by atoms with Gasteiger partial charge in [-0.2, -0.15) is 0 Å². The molecule has 3 amide bonds. The second-order valence-corrected chi connectivity index (χ2v) is 5.58. The Morgan fingerprint density at radius 2 is 1.89 bits per heavy atom. The van der Waals surface area contributed by atoms with Gasteiger partial charge >= 0.3 is 6.03 Å². The van der Waals surface area contributed by atoms with Crippen LogP contribution in [0.15, 0.2) is 0 Å². The maximum absolute atomic E-state index is 11.5. The van der Waals surface area contributed by atoms with Crippen LogP contribution >= 0.6 is 0 Å². The first-order valence-corrected chi connectivity index (χ1v) is 6.62. The molecule has 5 heteroatoms. The largest absolute Gasteiger partial charge is 0.351 e. The Labute approximate surface area is 110 Å². The molecule has 0 aliphatic rings. The predicted molar refractivity (Wildman–Crippen MR) is 73.1 cm³/mol. The van der Waals surface area contributed by atoms with Crippen LogP contribution < -0.4 is 16.4 Å². The number of imide groups is 1. The van der Waals surface area contributed by atoms with Crippen LogP contribution in [0.3, 0.4) is 0 Å². The summed E-state index contributed by atoms with van der Waals surface area (Å²) in [5.74, 6) is -0.383. The summed E-state index contributed by atoms with van der Waals surface area (Å²) in [5, 5.41) is 5.20. The SMILES string of the molecule is CCCCCC(C)(C)CNC(C)C(=O)NC(N)=O. The maximum atomic E-state index is 11.5. The standard InChI is InChI=1S/C13H27N3O2/c1-5-6-7-8-13(3,4)9-15-10(2)11(17)16-12(14)18/h10,15H,5-9H2,1-4H3,(H3,14,16,17,18). The highest BCUT2D eigenvalue weighted by molar-refractivity contribution is 5.96. The lowest BCUT2D eigenvalue weighted by Gasteiger charge is -2.26. The van der Waals surface area contributed by atoms with E-state index in [4.69, 9.17) is 5.73 Å². The summed E-state index contributed by atoms with van der Waals surface area (Å²) >= 11 is 0. The summed E-state index contributed by atoms with van der Waals surface area (Å²) in [4.78, 5) is 22.0. The van der Waals surface area contributed by atoms with Crippen molar-refractivity contribution < 1.29 is 9.59 Å². The molecule has 0 radical (unpaired) electrons. The summed E-state index contributed by atoms with van der Waals surface area (Å²) < 4.78 is 0. The molecule has 1 unspecified atom stereocenters.